The van der Waals surface area contributed by atoms with E-state index in [1.165, 1.54) is 148 Å². The topological polar surface area (TPSA) is 175 Å². The molecule has 0 spiro atoms. The van der Waals surface area contributed by atoms with Gasteiger partial charge in [-0.25, -0.2) is 0 Å². The van der Waals surface area contributed by atoms with E-state index < -0.39 is 49.5 Å². The van der Waals surface area contributed by atoms with Gasteiger partial charge in [-0.1, -0.05) is 212 Å². The Labute approximate surface area is 385 Å². The van der Waals surface area contributed by atoms with Crippen LogP contribution in [0.2, 0.25) is 0 Å². The molecule has 0 aromatic carbocycles. The van der Waals surface area contributed by atoms with Crippen molar-refractivity contribution >= 4 is 11.9 Å². The highest BCUT2D eigenvalue weighted by molar-refractivity contribution is 5.76. The van der Waals surface area contributed by atoms with Crippen LogP contribution in [0.25, 0.3) is 0 Å². The molecule has 0 aromatic heterocycles. The van der Waals surface area contributed by atoms with Gasteiger partial charge in [0, 0.05) is 12.8 Å². The SMILES string of the molecule is CCCCCCCCC/C=C/C(O)C(COC1OC(CO)C(O)C(O)C1O)NC(=O)CCCCCCCCCCCCCOC(=O)CCCCCCCCCCCCCCCCC. The molecule has 0 aliphatic carbocycles. The van der Waals surface area contributed by atoms with Crippen LogP contribution in [-0.2, 0) is 23.8 Å². The Morgan fingerprint density at radius 3 is 1.48 bits per heavy atom. The Bertz CT molecular complexity index is 1060. The van der Waals surface area contributed by atoms with Crippen molar-refractivity contribution in [3.8, 4) is 0 Å². The molecular weight excluding hydrogens is 799 g/mol. The van der Waals surface area contributed by atoms with E-state index in [-0.39, 0.29) is 18.5 Å². The fraction of sp³-hybridized carbons (Fsp3) is 0.923. The number of rotatable bonds is 45. The van der Waals surface area contributed by atoms with Gasteiger partial charge in [-0.15, -0.1) is 0 Å². The van der Waals surface area contributed by atoms with Crippen molar-refractivity contribution in [2.24, 2.45) is 0 Å². The first-order valence-electron chi connectivity index (χ1n) is 26.5. The molecule has 7 atom stereocenters. The Morgan fingerprint density at radius 2 is 1.00 bits per heavy atom. The third kappa shape index (κ3) is 33.5. The molecule has 63 heavy (non-hydrogen) atoms. The summed E-state index contributed by atoms with van der Waals surface area (Å²) in [6, 6.07) is -0.821. The van der Waals surface area contributed by atoms with Crippen LogP contribution in [-0.4, -0.2) is 100 Å². The molecule has 7 unspecified atom stereocenters. The second-order valence-corrected chi connectivity index (χ2v) is 18.6. The van der Waals surface area contributed by atoms with Crippen molar-refractivity contribution in [2.45, 2.75) is 288 Å². The zero-order chi connectivity index (χ0) is 46.0. The number of allylic oxidation sites excluding steroid dienone is 1. The minimum absolute atomic E-state index is 0.0370. The maximum Gasteiger partial charge on any atom is 0.305 e. The minimum atomic E-state index is -1.58. The molecule has 11 nitrogen and oxygen atoms in total. The fourth-order valence-electron chi connectivity index (χ4n) is 8.37. The molecule has 1 aliphatic heterocycles. The first-order chi connectivity index (χ1) is 30.7. The van der Waals surface area contributed by atoms with Crippen molar-refractivity contribution in [1.82, 2.24) is 5.32 Å². The molecular formula is C52H99NO10. The van der Waals surface area contributed by atoms with E-state index in [1.807, 2.05) is 6.08 Å². The normalized spacial score (nSPS) is 20.0. The van der Waals surface area contributed by atoms with Gasteiger partial charge in [-0.3, -0.25) is 9.59 Å². The highest BCUT2D eigenvalue weighted by Crippen LogP contribution is 2.23. The average Bonchev–Trinajstić information content (AvgIpc) is 3.28. The standard InChI is InChI=1S/C52H99NO10/c1-3-5-7-9-11-13-14-15-16-17-20-24-28-32-36-40-48(57)61-41-37-33-29-25-21-18-19-23-27-31-35-39-47(56)53-44(45(55)38-34-30-26-22-12-10-8-6-4-2)43-62-52-51(60)50(59)49(58)46(42-54)63-52/h34,38,44-46,49-52,54-55,58-60H,3-33,35-37,39-43H2,1-2H3,(H,53,56)/b38-34+. The van der Waals surface area contributed by atoms with Crippen LogP contribution in [0.1, 0.15) is 245 Å². The summed E-state index contributed by atoms with van der Waals surface area (Å²) in [5.41, 5.74) is 0. The van der Waals surface area contributed by atoms with Crippen molar-refractivity contribution in [3.05, 3.63) is 12.2 Å². The third-order valence-electron chi connectivity index (χ3n) is 12.7. The number of unbranched alkanes of at least 4 members (excludes halogenated alkanes) is 31. The van der Waals surface area contributed by atoms with Gasteiger partial charge in [0.1, 0.15) is 24.4 Å². The van der Waals surface area contributed by atoms with E-state index in [4.69, 9.17) is 14.2 Å². The van der Waals surface area contributed by atoms with Crippen LogP contribution < -0.4 is 5.32 Å². The second kappa shape index (κ2) is 43.0. The number of carbonyl (C=O) groups is 2. The lowest BCUT2D eigenvalue weighted by Gasteiger charge is -2.40. The summed E-state index contributed by atoms with van der Waals surface area (Å²) in [5.74, 6) is -0.239. The summed E-state index contributed by atoms with van der Waals surface area (Å²) < 4.78 is 16.6. The predicted molar refractivity (Wildman–Crippen MR) is 255 cm³/mol. The van der Waals surface area contributed by atoms with Gasteiger partial charge in [0.25, 0.3) is 0 Å². The summed E-state index contributed by atoms with van der Waals surface area (Å²) in [6.45, 7) is 4.25. The van der Waals surface area contributed by atoms with Crippen LogP contribution in [0, 0.1) is 0 Å². The Balaban J connectivity index is 2.12. The van der Waals surface area contributed by atoms with Crippen LogP contribution >= 0.6 is 0 Å². The number of hydrogen-bond acceptors (Lipinski definition) is 10. The van der Waals surface area contributed by atoms with Gasteiger partial charge in [-0.05, 0) is 32.1 Å². The summed E-state index contributed by atoms with van der Waals surface area (Å²) in [7, 11) is 0. The number of amides is 1. The molecule has 0 aromatic rings. The molecule has 1 heterocycles. The third-order valence-corrected chi connectivity index (χ3v) is 12.7. The summed E-state index contributed by atoms with van der Waals surface area (Å²) >= 11 is 0. The van der Waals surface area contributed by atoms with E-state index in [1.54, 1.807) is 6.08 Å². The van der Waals surface area contributed by atoms with Gasteiger partial charge >= 0.3 is 5.97 Å². The Kier molecular flexibility index (Phi) is 40.6. The van der Waals surface area contributed by atoms with Crippen molar-refractivity contribution in [1.29, 1.82) is 0 Å². The zero-order valence-electron chi connectivity index (χ0n) is 40.6. The lowest BCUT2D eigenvalue weighted by Crippen LogP contribution is -2.60. The quantitative estimate of drug-likeness (QED) is 0.0196. The molecule has 0 radical (unpaired) electrons. The van der Waals surface area contributed by atoms with Crippen LogP contribution in [0.3, 0.4) is 0 Å². The van der Waals surface area contributed by atoms with Crippen molar-refractivity contribution in [2.75, 3.05) is 19.8 Å². The molecule has 1 amide bonds. The average molecular weight is 898 g/mol. The fourth-order valence-corrected chi connectivity index (χ4v) is 8.37. The van der Waals surface area contributed by atoms with E-state index in [2.05, 4.69) is 19.2 Å². The number of ether oxygens (including phenoxy) is 3. The lowest BCUT2D eigenvalue weighted by atomic mass is 9.99. The summed E-state index contributed by atoms with van der Waals surface area (Å²) in [4.78, 5) is 25.0. The second-order valence-electron chi connectivity index (χ2n) is 18.6. The van der Waals surface area contributed by atoms with Crippen LogP contribution in [0.4, 0.5) is 0 Å². The molecule has 1 fully saturated rings. The maximum atomic E-state index is 13.0. The molecule has 1 saturated heterocycles. The smallest absolute Gasteiger partial charge is 0.305 e. The van der Waals surface area contributed by atoms with Gasteiger partial charge in [0.05, 0.1) is 32.0 Å². The van der Waals surface area contributed by atoms with Gasteiger partial charge in [0.15, 0.2) is 6.29 Å². The molecule has 6 N–H and O–H groups in total. The largest absolute Gasteiger partial charge is 0.466 e. The van der Waals surface area contributed by atoms with Gasteiger partial charge in [-0.2, -0.15) is 0 Å². The Morgan fingerprint density at radius 1 is 0.571 bits per heavy atom. The number of aliphatic hydroxyl groups excluding tert-OH is 5. The van der Waals surface area contributed by atoms with E-state index >= 15 is 0 Å². The molecule has 372 valence electrons. The van der Waals surface area contributed by atoms with E-state index in [0.29, 0.717) is 19.4 Å². The van der Waals surface area contributed by atoms with Gasteiger partial charge < -0.3 is 45.1 Å². The monoisotopic (exact) mass is 898 g/mol. The number of hydrogen-bond donors (Lipinski definition) is 6. The summed E-state index contributed by atoms with van der Waals surface area (Å²) in [5, 5.41) is 54.1. The van der Waals surface area contributed by atoms with Crippen LogP contribution in [0.15, 0.2) is 12.2 Å². The molecule has 1 rings (SSSR count). The first-order valence-corrected chi connectivity index (χ1v) is 26.5. The molecule has 0 bridgehead atoms. The zero-order valence-corrected chi connectivity index (χ0v) is 40.6. The molecule has 11 heteroatoms. The van der Waals surface area contributed by atoms with Crippen LogP contribution in [0.5, 0.6) is 0 Å². The Hall–Kier alpha value is -1.60. The molecule has 0 saturated carbocycles. The van der Waals surface area contributed by atoms with Crippen molar-refractivity contribution in [3.63, 3.8) is 0 Å². The number of esters is 1. The highest BCUT2D eigenvalue weighted by atomic mass is 16.7. The number of nitrogens with one attached hydrogen (secondary N) is 1. The lowest BCUT2D eigenvalue weighted by molar-refractivity contribution is -0.302. The molecule has 1 aliphatic rings. The highest BCUT2D eigenvalue weighted by Gasteiger charge is 2.44. The number of aliphatic hydroxyl groups is 5. The summed E-state index contributed by atoms with van der Waals surface area (Å²) in [6.07, 6.45) is 37.2. The predicted octanol–water partition coefficient (Wildman–Crippen LogP) is 10.8. The minimum Gasteiger partial charge on any atom is -0.466 e. The van der Waals surface area contributed by atoms with E-state index in [9.17, 15) is 35.1 Å². The maximum absolute atomic E-state index is 13.0. The number of carbonyl (C=O) groups excluding carboxylic acids is 2. The van der Waals surface area contributed by atoms with E-state index in [0.717, 1.165) is 70.6 Å². The van der Waals surface area contributed by atoms with Crippen molar-refractivity contribution < 1.29 is 49.3 Å². The first kappa shape index (κ1) is 59.4. The van der Waals surface area contributed by atoms with Gasteiger partial charge in [0.2, 0.25) is 5.91 Å².